The van der Waals surface area contributed by atoms with E-state index in [1.807, 2.05) is 12.2 Å². The van der Waals surface area contributed by atoms with Gasteiger partial charge >= 0.3 is 21.7 Å². The van der Waals surface area contributed by atoms with Crippen molar-refractivity contribution in [3.8, 4) is 0 Å². The van der Waals surface area contributed by atoms with Crippen molar-refractivity contribution in [1.29, 1.82) is 0 Å². The number of allylic oxidation sites excluding steroid dienone is 4. The molecule has 0 aliphatic heterocycles. The van der Waals surface area contributed by atoms with Crippen molar-refractivity contribution in [3.05, 3.63) is 38.2 Å². The average Bonchev–Trinajstić information content (AvgIpc) is 2.51. The zero-order valence-electron chi connectivity index (χ0n) is 7.26. The van der Waals surface area contributed by atoms with Crippen LogP contribution in [-0.4, -0.2) is 0 Å². The predicted molar refractivity (Wildman–Crippen MR) is 50.9 cm³/mol. The van der Waals surface area contributed by atoms with Gasteiger partial charge in [-0.1, -0.05) is 0 Å². The largest absolute Gasteiger partial charge is 3.00 e. The molecule has 0 amide bonds. The number of hydrogen-bond acceptors (Lipinski definition) is 0. The normalized spacial score (nSPS) is 9.09. The third-order valence-corrected chi connectivity index (χ3v) is 0.586. The van der Waals surface area contributed by atoms with Gasteiger partial charge in [0.2, 0.25) is 0 Å². The zero-order chi connectivity index (χ0) is 7.54. The molecule has 0 aromatic carbocycles. The van der Waals surface area contributed by atoms with Gasteiger partial charge in [-0.2, -0.15) is 19.9 Å². The maximum absolute atomic E-state index is 3.25. The van der Waals surface area contributed by atoms with E-state index < -0.39 is 0 Å². The quantitative estimate of drug-likeness (QED) is 0.422. The standard InChI is InChI=1S/C5H5.2C2H5.ClH.Ti/c1-2-4-5-3-1;2*1-2;;/h1-3H,4H2;2*1H2,2H3;1H;/q3*-1;;+3. The van der Waals surface area contributed by atoms with E-state index in [2.05, 4.69) is 26.0 Å². The summed E-state index contributed by atoms with van der Waals surface area (Å²) in [5.74, 6) is 0. The van der Waals surface area contributed by atoms with Crippen molar-refractivity contribution < 1.29 is 21.7 Å². The topological polar surface area (TPSA) is 0 Å². The number of halogens is 1. The monoisotopic (exact) mass is 207 g/mol. The molecule has 0 heterocycles. The molecule has 0 spiro atoms. The Kier molecular flexibility index (Phi) is 64.2. The summed E-state index contributed by atoms with van der Waals surface area (Å²) in [7, 11) is 0. The van der Waals surface area contributed by atoms with E-state index >= 15 is 0 Å². The molecule has 0 unspecified atom stereocenters. The van der Waals surface area contributed by atoms with E-state index in [-0.39, 0.29) is 34.1 Å². The Hall–Kier alpha value is 0.484. The Balaban J connectivity index is -0.0000000369. The SMILES string of the molecule is Cl.[C-]1=CC=CC1.[CH2-]C.[CH2-]C.[Ti+3]. The van der Waals surface area contributed by atoms with E-state index in [1.165, 1.54) is 0 Å². The molecule has 0 saturated heterocycles. The first kappa shape index (κ1) is 22.5. The first-order valence-corrected chi connectivity index (χ1v) is 3.13. The van der Waals surface area contributed by atoms with Crippen LogP contribution in [0.4, 0.5) is 0 Å². The van der Waals surface area contributed by atoms with Crippen LogP contribution in [0.3, 0.4) is 0 Å². The van der Waals surface area contributed by atoms with Gasteiger partial charge in [-0.25, -0.2) is 12.2 Å². The van der Waals surface area contributed by atoms with Crippen molar-refractivity contribution in [2.75, 3.05) is 0 Å². The van der Waals surface area contributed by atoms with Crippen LogP contribution in [0.1, 0.15) is 20.3 Å². The van der Waals surface area contributed by atoms with Gasteiger partial charge in [-0.05, 0) is 0 Å². The molecule has 0 aromatic rings. The second-order valence-corrected chi connectivity index (χ2v) is 1.00. The van der Waals surface area contributed by atoms with Crippen molar-refractivity contribution >= 4 is 12.4 Å². The fourth-order valence-electron chi connectivity index (χ4n) is 0.340. The van der Waals surface area contributed by atoms with Crippen molar-refractivity contribution in [3.63, 3.8) is 0 Å². The maximum atomic E-state index is 3.25. The van der Waals surface area contributed by atoms with Crippen molar-refractivity contribution in [1.82, 2.24) is 0 Å². The third-order valence-electron chi connectivity index (χ3n) is 0.586. The minimum atomic E-state index is 0. The van der Waals surface area contributed by atoms with Crippen LogP contribution in [0.2, 0.25) is 0 Å². The van der Waals surface area contributed by atoms with Crippen LogP contribution in [0.25, 0.3) is 0 Å². The molecular formula is C9H16ClTi. The van der Waals surface area contributed by atoms with Gasteiger partial charge < -0.3 is 13.8 Å². The molecule has 1 aliphatic carbocycles. The van der Waals surface area contributed by atoms with Gasteiger partial charge in [0.15, 0.2) is 0 Å². The predicted octanol–water partition coefficient (Wildman–Crippen LogP) is 3.41. The molecule has 0 saturated carbocycles. The van der Waals surface area contributed by atoms with Crippen molar-refractivity contribution in [2.45, 2.75) is 20.3 Å². The summed E-state index contributed by atoms with van der Waals surface area (Å²) < 4.78 is 0. The van der Waals surface area contributed by atoms with Crippen LogP contribution >= 0.6 is 12.4 Å². The van der Waals surface area contributed by atoms with Gasteiger partial charge in [-0.15, -0.1) is 18.8 Å². The summed E-state index contributed by atoms with van der Waals surface area (Å²) in [6.07, 6.45) is 10.0. The Labute approximate surface area is 92.4 Å². The van der Waals surface area contributed by atoms with E-state index in [4.69, 9.17) is 0 Å². The minimum absolute atomic E-state index is 0. The average molecular weight is 208 g/mol. The summed E-state index contributed by atoms with van der Waals surface area (Å²) in [6.45, 7) is 10.0. The Bertz CT molecular complexity index is 67.6. The second-order valence-electron chi connectivity index (χ2n) is 1.00. The molecule has 0 atom stereocenters. The van der Waals surface area contributed by atoms with Gasteiger partial charge in [0.05, 0.1) is 0 Å². The zero-order valence-corrected chi connectivity index (χ0v) is 9.64. The van der Waals surface area contributed by atoms with E-state index in [1.54, 1.807) is 13.8 Å². The third kappa shape index (κ3) is 25.1. The summed E-state index contributed by atoms with van der Waals surface area (Å²) in [4.78, 5) is 0. The summed E-state index contributed by atoms with van der Waals surface area (Å²) >= 11 is 0. The number of hydrogen-bond donors (Lipinski definition) is 0. The van der Waals surface area contributed by atoms with Gasteiger partial charge in [0.1, 0.15) is 0 Å². The smallest absolute Gasteiger partial charge is 0.346 e. The molecule has 1 rings (SSSR count). The van der Waals surface area contributed by atoms with Gasteiger partial charge in [-0.3, -0.25) is 6.08 Å². The number of rotatable bonds is 0. The van der Waals surface area contributed by atoms with E-state index in [0.29, 0.717) is 0 Å². The van der Waals surface area contributed by atoms with E-state index in [9.17, 15) is 0 Å². The molecule has 0 N–H and O–H groups in total. The van der Waals surface area contributed by atoms with Gasteiger partial charge in [0, 0.05) is 0 Å². The summed E-state index contributed by atoms with van der Waals surface area (Å²) in [6, 6.07) is 0. The Morgan fingerprint density at radius 3 is 1.73 bits per heavy atom. The van der Waals surface area contributed by atoms with Crippen LogP contribution in [-0.2, 0) is 21.7 Å². The van der Waals surface area contributed by atoms with Crippen LogP contribution < -0.4 is 0 Å². The fourth-order valence-corrected chi connectivity index (χ4v) is 0.340. The minimum Gasteiger partial charge on any atom is -0.346 e. The van der Waals surface area contributed by atoms with Crippen LogP contribution in [0.5, 0.6) is 0 Å². The molecule has 2 heteroatoms. The second kappa shape index (κ2) is 31.4. The first-order valence-electron chi connectivity index (χ1n) is 3.13. The molecule has 1 aliphatic rings. The molecule has 11 heavy (non-hydrogen) atoms. The molecule has 0 nitrogen and oxygen atoms in total. The molecule has 0 bridgehead atoms. The van der Waals surface area contributed by atoms with Crippen molar-refractivity contribution in [2.24, 2.45) is 0 Å². The maximum Gasteiger partial charge on any atom is 3.00 e. The molecule has 0 fully saturated rings. The first-order chi connectivity index (χ1) is 4.50. The Morgan fingerprint density at radius 1 is 1.18 bits per heavy atom. The Morgan fingerprint density at radius 2 is 1.64 bits per heavy atom. The van der Waals surface area contributed by atoms with Crippen LogP contribution in [0, 0.1) is 19.9 Å². The molecule has 63 valence electrons. The fraction of sp³-hybridized carbons (Fsp3) is 0.333. The van der Waals surface area contributed by atoms with Crippen LogP contribution in [0.15, 0.2) is 18.2 Å². The van der Waals surface area contributed by atoms with E-state index in [0.717, 1.165) is 6.42 Å². The molecule has 0 aromatic heterocycles. The summed E-state index contributed by atoms with van der Waals surface area (Å²) in [5.41, 5.74) is 0. The summed E-state index contributed by atoms with van der Waals surface area (Å²) in [5, 5.41) is 0. The van der Waals surface area contributed by atoms with Gasteiger partial charge in [0.25, 0.3) is 0 Å². The molecule has 1 radical (unpaired) electrons. The molecular weight excluding hydrogens is 191 g/mol.